The van der Waals surface area contributed by atoms with E-state index >= 15 is 0 Å². The Bertz CT molecular complexity index is 648. The summed E-state index contributed by atoms with van der Waals surface area (Å²) in [6.07, 6.45) is 8.62. The van der Waals surface area contributed by atoms with Gasteiger partial charge in [-0.1, -0.05) is 45.1 Å². The molecule has 4 nitrogen and oxygen atoms in total. The molecule has 0 saturated heterocycles. The minimum Gasteiger partial charge on any atom is -0.458 e. The van der Waals surface area contributed by atoms with Gasteiger partial charge in [-0.05, 0) is 43.1 Å². The van der Waals surface area contributed by atoms with E-state index in [2.05, 4.69) is 26.5 Å². The Morgan fingerprint density at radius 1 is 1.36 bits per heavy atom. The summed E-state index contributed by atoms with van der Waals surface area (Å²) in [6, 6.07) is 0. The third kappa shape index (κ3) is 2.53. The van der Waals surface area contributed by atoms with Crippen LogP contribution in [0, 0.1) is 22.2 Å². The molecule has 0 aromatic carbocycles. The molecule has 3 aliphatic rings. The third-order valence-electron chi connectivity index (χ3n) is 7.66. The average Bonchev–Trinajstić information content (AvgIpc) is 2.99. The molecule has 0 spiro atoms. The lowest BCUT2D eigenvalue weighted by Crippen LogP contribution is -2.61. The molecule has 138 valence electrons. The fraction of sp³-hybridized carbons (Fsp3) is 0.667. The number of carbonyl (C=O) groups is 1. The highest BCUT2D eigenvalue weighted by atomic mass is 16.5. The number of hydrogen-bond donors (Lipinski definition) is 2. The zero-order chi connectivity index (χ0) is 18.5. The van der Waals surface area contributed by atoms with E-state index < -0.39 is 11.5 Å². The summed E-state index contributed by atoms with van der Waals surface area (Å²) >= 11 is 0. The highest BCUT2D eigenvalue weighted by molar-refractivity contribution is 5.93. The fourth-order valence-corrected chi connectivity index (χ4v) is 5.38. The Hall–Kier alpha value is -1.39. The first-order chi connectivity index (χ1) is 11.7. The van der Waals surface area contributed by atoms with E-state index in [4.69, 9.17) is 4.74 Å². The van der Waals surface area contributed by atoms with Crippen molar-refractivity contribution in [2.75, 3.05) is 13.2 Å². The van der Waals surface area contributed by atoms with Gasteiger partial charge in [0.25, 0.3) is 0 Å². The van der Waals surface area contributed by atoms with Gasteiger partial charge in [0, 0.05) is 10.8 Å². The van der Waals surface area contributed by atoms with Crippen molar-refractivity contribution < 1.29 is 19.7 Å². The summed E-state index contributed by atoms with van der Waals surface area (Å²) in [5, 5.41) is 20.8. The molecule has 0 bridgehead atoms. The first kappa shape index (κ1) is 18.4. The fourth-order valence-electron chi connectivity index (χ4n) is 5.38. The monoisotopic (exact) mass is 346 g/mol. The van der Waals surface area contributed by atoms with E-state index in [0.717, 1.165) is 24.8 Å². The predicted molar refractivity (Wildman–Crippen MR) is 96.7 cm³/mol. The maximum Gasteiger partial charge on any atom is 0.338 e. The summed E-state index contributed by atoms with van der Waals surface area (Å²) in [7, 11) is 0. The quantitative estimate of drug-likeness (QED) is 0.608. The van der Waals surface area contributed by atoms with Crippen molar-refractivity contribution in [3.63, 3.8) is 0 Å². The summed E-state index contributed by atoms with van der Waals surface area (Å²) < 4.78 is 4.98. The first-order valence-electron chi connectivity index (χ1n) is 9.23. The second-order valence-electron chi connectivity index (χ2n) is 8.62. The van der Waals surface area contributed by atoms with Gasteiger partial charge in [0.2, 0.25) is 0 Å². The normalized spacial score (nSPS) is 44.6. The average molecular weight is 346 g/mol. The Morgan fingerprint density at radius 2 is 2.08 bits per heavy atom. The summed E-state index contributed by atoms with van der Waals surface area (Å²) in [5.74, 6) is -0.0145. The van der Waals surface area contributed by atoms with E-state index in [1.807, 2.05) is 13.0 Å². The Balaban J connectivity index is 2.00. The molecule has 2 N–H and O–H groups in total. The van der Waals surface area contributed by atoms with Crippen LogP contribution in [0.2, 0.25) is 0 Å². The van der Waals surface area contributed by atoms with Crippen molar-refractivity contribution in [3.8, 4) is 0 Å². The highest BCUT2D eigenvalue weighted by Gasteiger charge is 2.61. The van der Waals surface area contributed by atoms with Crippen LogP contribution in [0.3, 0.4) is 0 Å². The van der Waals surface area contributed by atoms with Gasteiger partial charge in [-0.3, -0.25) is 0 Å². The molecule has 3 rings (SSSR count). The molecule has 2 saturated carbocycles. The minimum absolute atomic E-state index is 0.0229. The number of allylic oxidation sites excluding steroid dienone is 2. The van der Waals surface area contributed by atoms with Crippen molar-refractivity contribution in [3.05, 3.63) is 36.0 Å². The van der Waals surface area contributed by atoms with Crippen molar-refractivity contribution in [2.24, 2.45) is 22.2 Å². The van der Waals surface area contributed by atoms with Crippen LogP contribution in [0.5, 0.6) is 0 Å². The van der Waals surface area contributed by atoms with E-state index in [1.54, 1.807) is 6.08 Å². The standard InChI is InChI=1S/C21H30O4/c1-14-7-11-20(3)16(5-6-17(23)21(20,4)13-22)19(14,2)10-8-15-9-12-25-18(15)24/h8-10,16-17,22-23H,1,5-7,11-13H2,2-4H3/b10-8+/t16-,17+,19+,20-,21+/m0/s1. The maximum absolute atomic E-state index is 11.7. The van der Waals surface area contributed by atoms with Gasteiger partial charge in [0.1, 0.15) is 6.61 Å². The van der Waals surface area contributed by atoms with Crippen LogP contribution in [-0.4, -0.2) is 35.5 Å². The molecule has 1 aliphatic heterocycles. The van der Waals surface area contributed by atoms with Crippen molar-refractivity contribution in [1.29, 1.82) is 0 Å². The number of fused-ring (bicyclic) bond motifs is 1. The maximum atomic E-state index is 11.7. The van der Waals surface area contributed by atoms with E-state index in [-0.39, 0.29) is 29.3 Å². The van der Waals surface area contributed by atoms with Gasteiger partial charge in [-0.2, -0.15) is 0 Å². The number of cyclic esters (lactones) is 1. The predicted octanol–water partition coefficient (Wildman–Crippen LogP) is 3.16. The molecule has 0 aromatic heterocycles. The second kappa shape index (κ2) is 6.10. The smallest absolute Gasteiger partial charge is 0.338 e. The zero-order valence-electron chi connectivity index (χ0n) is 15.5. The molecule has 25 heavy (non-hydrogen) atoms. The van der Waals surface area contributed by atoms with Gasteiger partial charge in [0.15, 0.2) is 0 Å². The van der Waals surface area contributed by atoms with Crippen molar-refractivity contribution >= 4 is 5.97 Å². The van der Waals surface area contributed by atoms with Crippen molar-refractivity contribution in [2.45, 2.75) is 52.6 Å². The zero-order valence-corrected chi connectivity index (χ0v) is 15.5. The second-order valence-corrected chi connectivity index (χ2v) is 8.62. The number of aliphatic hydroxyl groups excluding tert-OH is 2. The molecule has 0 unspecified atom stereocenters. The topological polar surface area (TPSA) is 66.8 Å². The van der Waals surface area contributed by atoms with Crippen LogP contribution in [0.1, 0.15) is 46.5 Å². The minimum atomic E-state index is -0.530. The van der Waals surface area contributed by atoms with Gasteiger partial charge < -0.3 is 14.9 Å². The lowest BCUT2D eigenvalue weighted by atomic mass is 9.42. The molecule has 1 heterocycles. The molecule has 0 radical (unpaired) electrons. The van der Waals surface area contributed by atoms with Crippen LogP contribution in [0.4, 0.5) is 0 Å². The lowest BCUT2D eigenvalue weighted by molar-refractivity contribution is -0.177. The molecule has 5 atom stereocenters. The molecule has 0 aromatic rings. The van der Waals surface area contributed by atoms with Crippen molar-refractivity contribution in [1.82, 2.24) is 0 Å². The number of aliphatic hydroxyl groups is 2. The summed E-state index contributed by atoms with van der Waals surface area (Å²) in [6.45, 7) is 11.1. The molecule has 0 amide bonds. The summed E-state index contributed by atoms with van der Waals surface area (Å²) in [5.41, 5.74) is 0.770. The Kier molecular flexibility index (Phi) is 4.49. The SMILES string of the molecule is C=C1CC[C@@]2(C)[C@@H](CC[C@@H](O)[C@@]2(C)CO)[C@]1(C)/C=C/C1=CCOC1=O. The van der Waals surface area contributed by atoms with Crippen LogP contribution >= 0.6 is 0 Å². The third-order valence-corrected chi connectivity index (χ3v) is 7.66. The number of hydrogen-bond acceptors (Lipinski definition) is 4. The van der Waals surface area contributed by atoms with Crippen LogP contribution in [0.15, 0.2) is 36.0 Å². The molecule has 4 heteroatoms. The first-order valence-corrected chi connectivity index (χ1v) is 9.23. The Labute approximate surface area is 150 Å². The molecular formula is C21H30O4. The summed E-state index contributed by atoms with van der Waals surface area (Å²) in [4.78, 5) is 11.7. The van der Waals surface area contributed by atoms with Crippen LogP contribution in [-0.2, 0) is 9.53 Å². The number of ether oxygens (including phenoxy) is 1. The number of carbonyl (C=O) groups excluding carboxylic acids is 1. The largest absolute Gasteiger partial charge is 0.458 e. The van der Waals surface area contributed by atoms with Gasteiger partial charge >= 0.3 is 5.97 Å². The molecular weight excluding hydrogens is 316 g/mol. The Morgan fingerprint density at radius 3 is 2.68 bits per heavy atom. The molecule has 2 aliphatic carbocycles. The number of rotatable bonds is 3. The van der Waals surface area contributed by atoms with Crippen LogP contribution in [0.25, 0.3) is 0 Å². The van der Waals surface area contributed by atoms with E-state index in [9.17, 15) is 15.0 Å². The van der Waals surface area contributed by atoms with Gasteiger partial charge in [-0.15, -0.1) is 0 Å². The van der Waals surface area contributed by atoms with Gasteiger partial charge in [0.05, 0.1) is 18.3 Å². The van der Waals surface area contributed by atoms with E-state index in [0.29, 0.717) is 18.6 Å². The van der Waals surface area contributed by atoms with E-state index in [1.165, 1.54) is 0 Å². The van der Waals surface area contributed by atoms with Crippen LogP contribution < -0.4 is 0 Å². The molecule has 2 fully saturated rings. The lowest BCUT2D eigenvalue weighted by Gasteiger charge is -2.63. The van der Waals surface area contributed by atoms with Gasteiger partial charge in [-0.25, -0.2) is 4.79 Å². The number of esters is 1. The highest BCUT2D eigenvalue weighted by Crippen LogP contribution is 2.65.